The number of likely N-dealkylation sites (tertiary alicyclic amines) is 1. The van der Waals surface area contributed by atoms with Crippen molar-refractivity contribution < 1.29 is 33.8 Å². The molecule has 0 spiro atoms. The molecule has 4 aromatic rings. The number of methoxy groups -OCH3 is 3. The minimum Gasteiger partial charge on any atom is -0.507 e. The molecule has 2 heterocycles. The molecule has 41 heavy (non-hydrogen) atoms. The maximum Gasteiger partial charge on any atom is 0.295 e. The highest BCUT2D eigenvalue weighted by molar-refractivity contribution is 6.46. The summed E-state index contributed by atoms with van der Waals surface area (Å²) in [6.07, 6.45) is 2.19. The second kappa shape index (κ2) is 11.0. The number of fused-ring (bicyclic) bond motifs is 1. The van der Waals surface area contributed by atoms with Crippen molar-refractivity contribution in [1.29, 1.82) is 0 Å². The van der Waals surface area contributed by atoms with Crippen LogP contribution in [0.1, 0.15) is 22.7 Å². The van der Waals surface area contributed by atoms with E-state index in [0.29, 0.717) is 29.2 Å². The van der Waals surface area contributed by atoms with Crippen LogP contribution in [0.3, 0.4) is 0 Å². The van der Waals surface area contributed by atoms with Crippen LogP contribution in [0.2, 0.25) is 0 Å². The molecule has 1 aromatic heterocycles. The van der Waals surface area contributed by atoms with Crippen LogP contribution in [-0.2, 0) is 16.0 Å². The van der Waals surface area contributed by atoms with Gasteiger partial charge in [-0.2, -0.15) is 0 Å². The zero-order chi connectivity index (χ0) is 29.3. The van der Waals surface area contributed by atoms with E-state index in [1.165, 1.54) is 49.5 Å². The van der Waals surface area contributed by atoms with Crippen molar-refractivity contribution in [3.8, 4) is 17.2 Å². The molecular formula is C30H27N3O8. The molecule has 2 N–H and O–H groups in total. The third kappa shape index (κ3) is 4.93. The minimum absolute atomic E-state index is 0.102. The zero-order valence-electron chi connectivity index (χ0n) is 22.5. The van der Waals surface area contributed by atoms with E-state index in [1.54, 1.807) is 19.2 Å². The van der Waals surface area contributed by atoms with E-state index in [1.807, 2.05) is 24.4 Å². The first-order valence-electron chi connectivity index (χ1n) is 12.7. The predicted octanol–water partition coefficient (Wildman–Crippen LogP) is 4.77. The van der Waals surface area contributed by atoms with Gasteiger partial charge in [0.15, 0.2) is 11.5 Å². The fourth-order valence-electron chi connectivity index (χ4n) is 5.14. The number of Topliss-reactive ketones (excluding diaryl/α,β-unsaturated/α-hetero) is 1. The summed E-state index contributed by atoms with van der Waals surface area (Å²) in [5.74, 6) is -0.747. The van der Waals surface area contributed by atoms with Gasteiger partial charge in [-0.25, -0.2) is 0 Å². The Morgan fingerprint density at radius 1 is 1.00 bits per heavy atom. The Bertz CT molecular complexity index is 1710. The van der Waals surface area contributed by atoms with Gasteiger partial charge >= 0.3 is 0 Å². The lowest BCUT2D eigenvalue weighted by atomic mass is 9.94. The van der Waals surface area contributed by atoms with E-state index >= 15 is 0 Å². The molecule has 1 atom stereocenters. The molecule has 0 aliphatic carbocycles. The number of aliphatic hydroxyl groups excluding tert-OH is 1. The number of nitro groups is 1. The van der Waals surface area contributed by atoms with Gasteiger partial charge in [0, 0.05) is 41.3 Å². The van der Waals surface area contributed by atoms with E-state index in [9.17, 15) is 24.8 Å². The van der Waals surface area contributed by atoms with Gasteiger partial charge in [-0.1, -0.05) is 12.1 Å². The molecule has 0 bridgehead atoms. The number of non-ortho nitro benzene ring substituents is 1. The lowest BCUT2D eigenvalue weighted by Crippen LogP contribution is -2.31. The van der Waals surface area contributed by atoms with Gasteiger partial charge < -0.3 is 29.2 Å². The average Bonchev–Trinajstić information content (AvgIpc) is 3.52. The van der Waals surface area contributed by atoms with Gasteiger partial charge in [-0.15, -0.1) is 0 Å². The van der Waals surface area contributed by atoms with Crippen LogP contribution in [0, 0.1) is 10.1 Å². The van der Waals surface area contributed by atoms with E-state index in [2.05, 4.69) is 4.98 Å². The number of nitro benzene ring substituents is 1. The lowest BCUT2D eigenvalue weighted by molar-refractivity contribution is -0.384. The number of benzene rings is 3. The first-order valence-corrected chi connectivity index (χ1v) is 12.7. The molecule has 210 valence electrons. The molecule has 1 fully saturated rings. The number of ether oxygens (including phenoxy) is 3. The van der Waals surface area contributed by atoms with Crippen molar-refractivity contribution in [1.82, 2.24) is 9.88 Å². The number of amides is 1. The van der Waals surface area contributed by atoms with Crippen molar-refractivity contribution in [3.63, 3.8) is 0 Å². The van der Waals surface area contributed by atoms with Crippen LogP contribution in [0.15, 0.2) is 72.4 Å². The molecule has 1 amide bonds. The van der Waals surface area contributed by atoms with Crippen molar-refractivity contribution in [2.45, 2.75) is 12.5 Å². The summed E-state index contributed by atoms with van der Waals surface area (Å²) in [6.45, 7) is 0.102. The number of aromatic nitrogens is 1. The molecule has 5 rings (SSSR count). The number of hydrogen-bond donors (Lipinski definition) is 2. The van der Waals surface area contributed by atoms with Gasteiger partial charge in [0.05, 0.1) is 37.9 Å². The van der Waals surface area contributed by atoms with Crippen LogP contribution < -0.4 is 14.2 Å². The highest BCUT2D eigenvalue weighted by Crippen LogP contribution is 2.41. The van der Waals surface area contributed by atoms with Crippen molar-refractivity contribution >= 4 is 34.0 Å². The largest absolute Gasteiger partial charge is 0.507 e. The Kier molecular flexibility index (Phi) is 7.34. The monoisotopic (exact) mass is 557 g/mol. The maximum absolute atomic E-state index is 13.4. The number of H-pyrrole nitrogens is 1. The molecular weight excluding hydrogens is 530 g/mol. The molecule has 1 aliphatic rings. The van der Waals surface area contributed by atoms with Crippen LogP contribution in [0.25, 0.3) is 16.7 Å². The van der Waals surface area contributed by atoms with E-state index in [-0.39, 0.29) is 23.4 Å². The third-order valence-electron chi connectivity index (χ3n) is 7.19. The zero-order valence-corrected chi connectivity index (χ0v) is 22.5. The summed E-state index contributed by atoms with van der Waals surface area (Å²) >= 11 is 0. The first kappa shape index (κ1) is 27.3. The highest BCUT2D eigenvalue weighted by Gasteiger charge is 2.46. The van der Waals surface area contributed by atoms with Crippen LogP contribution in [0.4, 0.5) is 5.69 Å². The quantitative estimate of drug-likeness (QED) is 0.0985. The van der Waals surface area contributed by atoms with Crippen LogP contribution >= 0.6 is 0 Å². The smallest absolute Gasteiger partial charge is 0.295 e. The van der Waals surface area contributed by atoms with Crippen LogP contribution in [0.5, 0.6) is 17.2 Å². The van der Waals surface area contributed by atoms with Gasteiger partial charge in [-0.05, 0) is 53.9 Å². The lowest BCUT2D eigenvalue weighted by Gasteiger charge is -2.25. The van der Waals surface area contributed by atoms with Crippen molar-refractivity contribution in [3.05, 3.63) is 99.2 Å². The van der Waals surface area contributed by atoms with Crippen molar-refractivity contribution in [2.24, 2.45) is 0 Å². The third-order valence-corrected chi connectivity index (χ3v) is 7.19. The standard InChI is InChI=1S/C30H27N3O8/c1-39-21-8-9-23-22(15-21)19(16-31-23)11-12-32-27(17-5-4-6-20(13-17)33(37)38)26(29(35)30(32)36)28(34)18-7-10-24(40-2)25(14-18)41-3/h4-10,13-16,27,31,34H,11-12H2,1-3H3/t27-/m0/s1. The number of carbonyl (C=O) groups excluding carboxylic acids is 2. The summed E-state index contributed by atoms with van der Waals surface area (Å²) < 4.78 is 15.9. The fourth-order valence-corrected chi connectivity index (χ4v) is 5.14. The molecule has 1 saturated heterocycles. The molecule has 0 radical (unpaired) electrons. The van der Waals surface area contributed by atoms with Crippen molar-refractivity contribution in [2.75, 3.05) is 27.9 Å². The number of hydrogen-bond acceptors (Lipinski definition) is 8. The molecule has 0 unspecified atom stereocenters. The number of nitrogens with zero attached hydrogens (tertiary/aromatic N) is 2. The summed E-state index contributed by atoms with van der Waals surface area (Å²) in [4.78, 5) is 42.4. The fraction of sp³-hybridized carbons (Fsp3) is 0.200. The van der Waals surface area contributed by atoms with E-state index < -0.39 is 28.4 Å². The first-order chi connectivity index (χ1) is 19.8. The number of nitrogens with one attached hydrogen (secondary N) is 1. The number of rotatable bonds is 9. The molecule has 11 heteroatoms. The summed E-state index contributed by atoms with van der Waals surface area (Å²) in [7, 11) is 4.48. The maximum atomic E-state index is 13.4. The van der Waals surface area contributed by atoms with Gasteiger partial charge in [-0.3, -0.25) is 19.7 Å². The normalized spacial score (nSPS) is 16.3. The number of ketones is 1. The van der Waals surface area contributed by atoms with Gasteiger partial charge in [0.25, 0.3) is 17.4 Å². The van der Waals surface area contributed by atoms with Gasteiger partial charge in [0.2, 0.25) is 0 Å². The highest BCUT2D eigenvalue weighted by atomic mass is 16.6. The number of aliphatic hydroxyl groups is 1. The Labute approximate surface area is 234 Å². The van der Waals surface area contributed by atoms with E-state index in [0.717, 1.165) is 16.5 Å². The van der Waals surface area contributed by atoms with E-state index in [4.69, 9.17) is 14.2 Å². The Hall–Kier alpha value is -5.32. The topological polar surface area (TPSA) is 144 Å². The Morgan fingerprint density at radius 3 is 2.49 bits per heavy atom. The SMILES string of the molecule is COc1ccc2[nH]cc(CCN3C(=O)C(=O)C(=C(O)c4ccc(OC)c(OC)c4)[C@@H]3c3cccc([N+](=O)[O-])c3)c2c1. The average molecular weight is 558 g/mol. The predicted molar refractivity (Wildman–Crippen MR) is 150 cm³/mol. The second-order valence-corrected chi connectivity index (χ2v) is 9.39. The minimum atomic E-state index is -1.07. The Morgan fingerprint density at radius 2 is 1.78 bits per heavy atom. The molecule has 3 aromatic carbocycles. The number of carbonyl (C=O) groups is 2. The molecule has 1 aliphatic heterocycles. The summed E-state index contributed by atoms with van der Waals surface area (Å²) in [5.41, 5.74) is 1.93. The molecule has 0 saturated carbocycles. The molecule has 11 nitrogen and oxygen atoms in total. The second-order valence-electron chi connectivity index (χ2n) is 9.39. The Balaban J connectivity index is 1.60. The van der Waals surface area contributed by atoms with Gasteiger partial charge in [0.1, 0.15) is 11.5 Å². The van der Waals surface area contributed by atoms with Crippen LogP contribution in [-0.4, -0.2) is 59.5 Å². The summed E-state index contributed by atoms with van der Waals surface area (Å²) in [5, 5.41) is 23.9. The number of aromatic amines is 1. The summed E-state index contributed by atoms with van der Waals surface area (Å²) in [6, 6.07) is 14.8.